The van der Waals surface area contributed by atoms with Crippen molar-refractivity contribution in [2.24, 2.45) is 0 Å². The Hall–Kier alpha value is -1.32. The first-order valence-corrected chi connectivity index (χ1v) is 6.96. The third kappa shape index (κ3) is 3.58. The third-order valence-corrected chi connectivity index (χ3v) is 3.45. The van der Waals surface area contributed by atoms with Crippen molar-refractivity contribution in [3.8, 4) is 0 Å². The summed E-state index contributed by atoms with van der Waals surface area (Å²) in [4.78, 5) is 0. The topological polar surface area (TPSA) is 45.4 Å². The fourth-order valence-electron chi connectivity index (χ4n) is 2.32. The monoisotopic (exact) mass is 261 g/mol. The van der Waals surface area contributed by atoms with Gasteiger partial charge in [-0.1, -0.05) is 31.5 Å². The Morgan fingerprint density at radius 2 is 2.11 bits per heavy atom. The van der Waals surface area contributed by atoms with E-state index < -0.39 is 5.60 Å². The molecular weight excluding hydrogens is 238 g/mol. The van der Waals surface area contributed by atoms with E-state index >= 15 is 0 Å². The maximum atomic E-state index is 10.2. The van der Waals surface area contributed by atoms with Gasteiger partial charge >= 0.3 is 0 Å². The molecule has 2 atom stereocenters. The second-order valence-electron chi connectivity index (χ2n) is 5.54. The lowest BCUT2D eigenvalue weighted by molar-refractivity contribution is 0.0471. The summed E-state index contributed by atoms with van der Waals surface area (Å²) in [5, 5.41) is 14.6. The summed E-state index contributed by atoms with van der Waals surface area (Å²) in [5.74, 6) is 0.911. The van der Waals surface area contributed by atoms with E-state index in [2.05, 4.69) is 25.2 Å². The molecule has 2 aromatic rings. The first-order valence-electron chi connectivity index (χ1n) is 6.96. The maximum Gasteiger partial charge on any atom is 0.134 e. The highest BCUT2D eigenvalue weighted by Gasteiger charge is 2.21. The van der Waals surface area contributed by atoms with E-state index in [1.54, 1.807) is 0 Å². The smallest absolute Gasteiger partial charge is 0.134 e. The highest BCUT2D eigenvalue weighted by molar-refractivity contribution is 5.77. The lowest BCUT2D eigenvalue weighted by atomic mass is 10.0. The molecule has 2 unspecified atom stereocenters. The van der Waals surface area contributed by atoms with Gasteiger partial charge in [-0.05, 0) is 32.4 Å². The zero-order chi connectivity index (χ0) is 13.9. The summed E-state index contributed by atoms with van der Waals surface area (Å²) in [5.41, 5.74) is 0.251. The summed E-state index contributed by atoms with van der Waals surface area (Å²) in [6, 6.07) is 10.1. The van der Waals surface area contributed by atoms with Crippen molar-refractivity contribution in [2.45, 2.75) is 45.3 Å². The van der Waals surface area contributed by atoms with Crippen LogP contribution in [0.4, 0.5) is 0 Å². The number of hydrogen-bond donors (Lipinski definition) is 2. The highest BCUT2D eigenvalue weighted by Crippen LogP contribution is 2.24. The van der Waals surface area contributed by atoms with E-state index in [-0.39, 0.29) is 6.04 Å². The van der Waals surface area contributed by atoms with E-state index in [0.29, 0.717) is 6.54 Å². The molecule has 3 nitrogen and oxygen atoms in total. The SMILES string of the molecule is CCCC(C)(O)CNC(C)c1cc2ccccc2o1. The molecule has 19 heavy (non-hydrogen) atoms. The molecule has 0 fully saturated rings. The molecule has 0 spiro atoms. The molecule has 2 rings (SSSR count). The van der Waals surface area contributed by atoms with Crippen LogP contribution in [0.15, 0.2) is 34.7 Å². The van der Waals surface area contributed by atoms with Crippen LogP contribution >= 0.6 is 0 Å². The van der Waals surface area contributed by atoms with Gasteiger partial charge in [0.1, 0.15) is 11.3 Å². The van der Waals surface area contributed by atoms with Crippen molar-refractivity contribution in [1.82, 2.24) is 5.32 Å². The van der Waals surface area contributed by atoms with Gasteiger partial charge in [0.25, 0.3) is 0 Å². The first kappa shape index (κ1) is 14.1. The molecule has 0 saturated carbocycles. The van der Waals surface area contributed by atoms with Crippen molar-refractivity contribution in [2.75, 3.05) is 6.54 Å². The van der Waals surface area contributed by atoms with E-state index in [9.17, 15) is 5.11 Å². The Kier molecular flexibility index (Phi) is 4.27. The number of nitrogens with one attached hydrogen (secondary N) is 1. The summed E-state index contributed by atoms with van der Waals surface area (Å²) in [6.07, 6.45) is 1.78. The quantitative estimate of drug-likeness (QED) is 0.834. The van der Waals surface area contributed by atoms with Gasteiger partial charge in [0, 0.05) is 11.9 Å². The van der Waals surface area contributed by atoms with Gasteiger partial charge in [-0.15, -0.1) is 0 Å². The van der Waals surface area contributed by atoms with E-state index in [0.717, 1.165) is 29.6 Å². The molecule has 0 radical (unpaired) electrons. The third-order valence-electron chi connectivity index (χ3n) is 3.45. The van der Waals surface area contributed by atoms with Crippen LogP contribution in [0.3, 0.4) is 0 Å². The second kappa shape index (κ2) is 5.76. The van der Waals surface area contributed by atoms with Crippen molar-refractivity contribution in [3.63, 3.8) is 0 Å². The second-order valence-corrected chi connectivity index (χ2v) is 5.54. The standard InChI is InChI=1S/C16H23NO2/c1-4-9-16(3,18)11-17-12(2)15-10-13-7-5-6-8-14(13)19-15/h5-8,10,12,17-18H,4,9,11H2,1-3H3. The molecule has 1 aromatic carbocycles. The van der Waals surface area contributed by atoms with Crippen LogP contribution in [0.1, 0.15) is 45.4 Å². The van der Waals surface area contributed by atoms with Gasteiger partial charge in [0.15, 0.2) is 0 Å². The number of rotatable bonds is 6. The fourth-order valence-corrected chi connectivity index (χ4v) is 2.32. The minimum absolute atomic E-state index is 0.0933. The zero-order valence-corrected chi connectivity index (χ0v) is 11.9. The van der Waals surface area contributed by atoms with Gasteiger partial charge < -0.3 is 14.8 Å². The minimum atomic E-state index is -0.658. The van der Waals surface area contributed by atoms with Gasteiger partial charge in [-0.2, -0.15) is 0 Å². The molecular formula is C16H23NO2. The first-order chi connectivity index (χ1) is 9.02. The molecule has 0 bridgehead atoms. The summed E-state index contributed by atoms with van der Waals surface area (Å²) in [6.45, 7) is 6.57. The number of hydrogen-bond acceptors (Lipinski definition) is 3. The van der Waals surface area contributed by atoms with Gasteiger partial charge in [-0.3, -0.25) is 0 Å². The van der Waals surface area contributed by atoms with Crippen LogP contribution in [0.2, 0.25) is 0 Å². The van der Waals surface area contributed by atoms with Crippen LogP contribution in [-0.2, 0) is 0 Å². The summed E-state index contributed by atoms with van der Waals surface area (Å²) in [7, 11) is 0. The van der Waals surface area contributed by atoms with Crippen molar-refractivity contribution < 1.29 is 9.52 Å². The number of aliphatic hydroxyl groups is 1. The molecule has 2 N–H and O–H groups in total. The fraction of sp³-hybridized carbons (Fsp3) is 0.500. The number of para-hydroxylation sites is 1. The van der Waals surface area contributed by atoms with E-state index in [4.69, 9.17) is 4.42 Å². The molecule has 0 aliphatic heterocycles. The van der Waals surface area contributed by atoms with Crippen molar-refractivity contribution >= 4 is 11.0 Å². The van der Waals surface area contributed by atoms with Crippen LogP contribution in [-0.4, -0.2) is 17.3 Å². The predicted octanol–water partition coefficient (Wildman–Crippen LogP) is 3.63. The van der Waals surface area contributed by atoms with Crippen molar-refractivity contribution in [1.29, 1.82) is 0 Å². The normalized spacial score (nSPS) is 16.4. The summed E-state index contributed by atoms with van der Waals surface area (Å²) < 4.78 is 5.81. The Bertz CT molecular complexity index is 497. The average Bonchev–Trinajstić information content (AvgIpc) is 2.79. The molecule has 0 amide bonds. The van der Waals surface area contributed by atoms with E-state index in [1.807, 2.05) is 31.2 Å². The largest absolute Gasteiger partial charge is 0.459 e. The average molecular weight is 261 g/mol. The predicted molar refractivity (Wildman–Crippen MR) is 78.2 cm³/mol. The summed E-state index contributed by atoms with van der Waals surface area (Å²) >= 11 is 0. The van der Waals surface area contributed by atoms with Crippen LogP contribution in [0.5, 0.6) is 0 Å². The van der Waals surface area contributed by atoms with Gasteiger partial charge in [0.2, 0.25) is 0 Å². The van der Waals surface area contributed by atoms with Crippen LogP contribution in [0, 0.1) is 0 Å². The number of furan rings is 1. The lowest BCUT2D eigenvalue weighted by Crippen LogP contribution is -2.38. The molecule has 1 heterocycles. The minimum Gasteiger partial charge on any atom is -0.459 e. The number of benzene rings is 1. The zero-order valence-electron chi connectivity index (χ0n) is 11.9. The van der Waals surface area contributed by atoms with Crippen LogP contribution in [0.25, 0.3) is 11.0 Å². The molecule has 104 valence electrons. The lowest BCUT2D eigenvalue weighted by Gasteiger charge is -2.24. The van der Waals surface area contributed by atoms with Gasteiger partial charge in [0.05, 0.1) is 11.6 Å². The molecule has 3 heteroatoms. The van der Waals surface area contributed by atoms with Gasteiger partial charge in [-0.25, -0.2) is 0 Å². The Labute approximate surface area is 114 Å². The highest BCUT2D eigenvalue weighted by atomic mass is 16.3. The maximum absolute atomic E-state index is 10.2. The Morgan fingerprint density at radius 3 is 2.79 bits per heavy atom. The van der Waals surface area contributed by atoms with E-state index in [1.165, 1.54) is 0 Å². The Balaban J connectivity index is 2.01. The molecule has 0 aliphatic carbocycles. The van der Waals surface area contributed by atoms with Crippen molar-refractivity contribution in [3.05, 3.63) is 36.1 Å². The Morgan fingerprint density at radius 1 is 1.37 bits per heavy atom. The molecule has 0 aliphatic rings. The molecule has 0 saturated heterocycles. The molecule has 1 aromatic heterocycles. The number of fused-ring (bicyclic) bond motifs is 1. The van der Waals surface area contributed by atoms with Crippen LogP contribution < -0.4 is 5.32 Å².